The van der Waals surface area contributed by atoms with E-state index in [1.807, 2.05) is 30.3 Å². The molecule has 1 N–H and O–H groups in total. The molecule has 3 aromatic rings. The van der Waals surface area contributed by atoms with E-state index in [9.17, 15) is 4.79 Å². The summed E-state index contributed by atoms with van der Waals surface area (Å²) >= 11 is 0. The van der Waals surface area contributed by atoms with E-state index in [2.05, 4.69) is 36.9 Å². The van der Waals surface area contributed by atoms with Gasteiger partial charge in [0.05, 0.1) is 17.1 Å². The Labute approximate surface area is 181 Å². The maximum absolute atomic E-state index is 12.3. The molecule has 0 saturated carbocycles. The Morgan fingerprint density at radius 1 is 1.06 bits per heavy atom. The number of piperazine rings is 1. The first-order valence-corrected chi connectivity index (χ1v) is 10.3. The van der Waals surface area contributed by atoms with Crippen molar-refractivity contribution in [2.45, 2.75) is 26.3 Å². The Hall–Kier alpha value is -3.50. The smallest absolute Gasteiger partial charge is 0.276 e. The maximum atomic E-state index is 12.3. The number of hydrogen-bond donors (Lipinski definition) is 1. The normalized spacial score (nSPS) is 19.0. The van der Waals surface area contributed by atoms with Gasteiger partial charge in [-0.15, -0.1) is 0 Å². The number of nitriles is 1. The number of aromatic nitrogens is 3. The van der Waals surface area contributed by atoms with Gasteiger partial charge in [0.15, 0.2) is 5.52 Å². The van der Waals surface area contributed by atoms with Crippen molar-refractivity contribution in [1.82, 2.24) is 19.9 Å². The topological polar surface area (TPSA) is 88.9 Å². The molecule has 31 heavy (non-hydrogen) atoms. The van der Waals surface area contributed by atoms with Crippen LogP contribution in [0.5, 0.6) is 0 Å². The number of pyridine rings is 1. The minimum absolute atomic E-state index is 0. The second-order valence-electron chi connectivity index (χ2n) is 7.78. The average Bonchev–Trinajstić information content (AvgIpc) is 3.30. The van der Waals surface area contributed by atoms with Crippen LogP contribution in [0, 0.1) is 11.3 Å². The van der Waals surface area contributed by atoms with Gasteiger partial charge in [-0.05, 0) is 48.7 Å². The van der Waals surface area contributed by atoms with E-state index in [0.717, 1.165) is 44.7 Å². The fraction of sp³-hybridized carbons (Fsp3) is 0.333. The molecule has 7 nitrogen and oxygen atoms in total. The molecule has 158 valence electrons. The molecule has 0 bridgehead atoms. The molecule has 0 radical (unpaired) electrons. The zero-order valence-electron chi connectivity index (χ0n) is 16.6. The number of hydrogen-bond acceptors (Lipinski definition) is 6. The van der Waals surface area contributed by atoms with Crippen LogP contribution in [-0.2, 0) is 0 Å². The molecule has 1 atom stereocenters. The summed E-state index contributed by atoms with van der Waals surface area (Å²) < 4.78 is 0. The number of fused-ring (bicyclic) bond motifs is 1. The van der Waals surface area contributed by atoms with Crippen LogP contribution in [0.2, 0.25) is 0 Å². The monoisotopic (exact) mass is 414 g/mol. The lowest BCUT2D eigenvalue weighted by atomic mass is 10.1. The lowest BCUT2D eigenvalue weighted by Gasteiger charge is -2.38. The SMILES string of the molecule is C.N#Cc1ccc(N2CCN([C@H]3C=C(c4cc5nccnc5c(=O)[nH]4)CC3)CC2)cc1. The minimum atomic E-state index is -0.184. The van der Waals surface area contributed by atoms with Gasteiger partial charge in [0.1, 0.15) is 0 Å². The number of aromatic amines is 1. The second kappa shape index (κ2) is 8.70. The van der Waals surface area contributed by atoms with Crippen LogP contribution in [0.15, 0.2) is 53.6 Å². The highest BCUT2D eigenvalue weighted by Gasteiger charge is 2.27. The van der Waals surface area contributed by atoms with Crippen molar-refractivity contribution in [2.24, 2.45) is 0 Å². The van der Waals surface area contributed by atoms with Gasteiger partial charge in [0, 0.05) is 56.0 Å². The summed E-state index contributed by atoms with van der Waals surface area (Å²) in [5.74, 6) is 0. The van der Waals surface area contributed by atoms with Crippen LogP contribution < -0.4 is 10.5 Å². The summed E-state index contributed by atoms with van der Waals surface area (Å²) in [5.41, 5.74) is 4.73. The number of benzene rings is 1. The fourth-order valence-corrected chi connectivity index (χ4v) is 4.43. The Bertz CT molecular complexity index is 1200. The molecule has 0 spiro atoms. The second-order valence-corrected chi connectivity index (χ2v) is 7.78. The van der Waals surface area contributed by atoms with Gasteiger partial charge in [-0.1, -0.05) is 13.5 Å². The molecule has 5 rings (SSSR count). The van der Waals surface area contributed by atoms with Crippen molar-refractivity contribution in [3.8, 4) is 6.07 Å². The van der Waals surface area contributed by atoms with Crippen LogP contribution in [0.4, 0.5) is 5.69 Å². The van der Waals surface area contributed by atoms with Crippen molar-refractivity contribution in [3.63, 3.8) is 0 Å². The number of nitrogens with zero attached hydrogens (tertiary/aromatic N) is 5. The Kier molecular flexibility index (Phi) is 5.83. The van der Waals surface area contributed by atoms with Crippen LogP contribution in [-0.4, -0.2) is 52.1 Å². The molecule has 1 saturated heterocycles. The zero-order chi connectivity index (χ0) is 20.5. The zero-order valence-corrected chi connectivity index (χ0v) is 16.6. The first kappa shape index (κ1) is 20.8. The molecule has 0 amide bonds. The highest BCUT2D eigenvalue weighted by molar-refractivity contribution is 5.78. The molecule has 7 heteroatoms. The van der Waals surface area contributed by atoms with Crippen molar-refractivity contribution in [2.75, 3.05) is 31.1 Å². The molecule has 1 aliphatic heterocycles. The number of anilines is 1. The average molecular weight is 415 g/mol. The van der Waals surface area contributed by atoms with Gasteiger partial charge >= 0.3 is 0 Å². The van der Waals surface area contributed by atoms with Crippen LogP contribution in [0.3, 0.4) is 0 Å². The van der Waals surface area contributed by atoms with Crippen molar-refractivity contribution < 1.29 is 0 Å². The highest BCUT2D eigenvalue weighted by atomic mass is 16.1. The number of nitrogens with one attached hydrogen (secondary N) is 1. The third kappa shape index (κ3) is 4.07. The van der Waals surface area contributed by atoms with E-state index in [1.54, 1.807) is 12.4 Å². The maximum Gasteiger partial charge on any atom is 0.276 e. The molecule has 1 fully saturated rings. The van der Waals surface area contributed by atoms with E-state index in [-0.39, 0.29) is 13.0 Å². The van der Waals surface area contributed by atoms with E-state index >= 15 is 0 Å². The molecule has 2 aliphatic rings. The summed E-state index contributed by atoms with van der Waals surface area (Å²) in [6.45, 7) is 3.92. The Morgan fingerprint density at radius 2 is 1.81 bits per heavy atom. The van der Waals surface area contributed by atoms with Gasteiger partial charge in [0.25, 0.3) is 5.56 Å². The minimum Gasteiger partial charge on any atom is -0.369 e. The van der Waals surface area contributed by atoms with Crippen LogP contribution >= 0.6 is 0 Å². The standard InChI is InChI=1S/C23H22N6O.CH4/c24-15-16-1-4-18(5-2-16)28-9-11-29(12-10-28)19-6-3-17(13-19)20-14-21-22(23(30)27-20)26-8-7-25-21;/h1-2,4-5,7-8,13-14,19H,3,6,9-12H2,(H,27,30);1H4/t19-;/m1./s1. The number of allylic oxidation sites excluding steroid dienone is 1. The molecule has 1 aliphatic carbocycles. The molecule has 2 aromatic heterocycles. The number of H-pyrrole nitrogens is 1. The lowest BCUT2D eigenvalue weighted by molar-refractivity contribution is 0.214. The quantitative estimate of drug-likeness (QED) is 0.708. The van der Waals surface area contributed by atoms with Gasteiger partial charge < -0.3 is 9.88 Å². The first-order chi connectivity index (χ1) is 14.7. The third-order valence-electron chi connectivity index (χ3n) is 6.06. The molecule has 1 aromatic carbocycles. The summed E-state index contributed by atoms with van der Waals surface area (Å²) in [6, 6.07) is 12.3. The third-order valence-corrected chi connectivity index (χ3v) is 6.06. The number of rotatable bonds is 3. The Morgan fingerprint density at radius 3 is 2.55 bits per heavy atom. The van der Waals surface area contributed by atoms with Gasteiger partial charge in [-0.2, -0.15) is 5.26 Å². The molecular weight excluding hydrogens is 388 g/mol. The molecular formula is C24H26N6O. The summed E-state index contributed by atoms with van der Waals surface area (Å²) in [5, 5.41) is 8.96. The predicted octanol–water partition coefficient (Wildman–Crippen LogP) is 3.19. The summed E-state index contributed by atoms with van der Waals surface area (Å²) in [6.07, 6.45) is 7.46. The summed E-state index contributed by atoms with van der Waals surface area (Å²) in [4.78, 5) is 28.6. The fourth-order valence-electron chi connectivity index (χ4n) is 4.43. The van der Waals surface area contributed by atoms with Crippen molar-refractivity contribution in [3.05, 3.63) is 70.4 Å². The first-order valence-electron chi connectivity index (χ1n) is 10.3. The van der Waals surface area contributed by atoms with E-state index in [1.165, 1.54) is 11.3 Å². The molecule has 3 heterocycles. The van der Waals surface area contributed by atoms with Gasteiger partial charge in [-0.25, -0.2) is 4.98 Å². The highest BCUT2D eigenvalue weighted by Crippen LogP contribution is 2.30. The largest absolute Gasteiger partial charge is 0.369 e. The van der Waals surface area contributed by atoms with Gasteiger partial charge in [0.2, 0.25) is 0 Å². The van der Waals surface area contributed by atoms with Crippen molar-refractivity contribution in [1.29, 1.82) is 5.26 Å². The van der Waals surface area contributed by atoms with E-state index < -0.39 is 0 Å². The van der Waals surface area contributed by atoms with E-state index in [0.29, 0.717) is 22.6 Å². The Balaban J connectivity index is 0.00000231. The van der Waals surface area contributed by atoms with Gasteiger partial charge in [-0.3, -0.25) is 14.7 Å². The van der Waals surface area contributed by atoms with E-state index in [4.69, 9.17) is 5.26 Å². The molecule has 0 unspecified atom stereocenters. The predicted molar refractivity (Wildman–Crippen MR) is 123 cm³/mol. The van der Waals surface area contributed by atoms with Crippen LogP contribution in [0.25, 0.3) is 16.6 Å². The van der Waals surface area contributed by atoms with Crippen molar-refractivity contribution >= 4 is 22.3 Å². The summed E-state index contributed by atoms with van der Waals surface area (Å²) in [7, 11) is 0. The lowest BCUT2D eigenvalue weighted by Crippen LogP contribution is -2.49. The van der Waals surface area contributed by atoms with Crippen LogP contribution in [0.1, 0.15) is 31.5 Å².